The SMILES string of the molecule is CCCc1nc(Cl)cc(Nc2ccc(C(F)(F)F)cc2)n1. The van der Waals surface area contributed by atoms with Crippen LogP contribution in [0.1, 0.15) is 24.7 Å². The highest BCUT2D eigenvalue weighted by Crippen LogP contribution is 2.30. The molecule has 0 bridgehead atoms. The van der Waals surface area contributed by atoms with Gasteiger partial charge in [0.25, 0.3) is 0 Å². The Morgan fingerprint density at radius 2 is 1.81 bits per heavy atom. The van der Waals surface area contributed by atoms with Crippen molar-refractivity contribution in [1.29, 1.82) is 0 Å². The molecule has 21 heavy (non-hydrogen) atoms. The van der Waals surface area contributed by atoms with Crippen LogP contribution in [-0.4, -0.2) is 9.97 Å². The molecule has 1 aromatic carbocycles. The van der Waals surface area contributed by atoms with Crippen LogP contribution in [0.5, 0.6) is 0 Å². The Balaban J connectivity index is 2.18. The number of nitrogens with zero attached hydrogens (tertiary/aromatic N) is 2. The predicted molar refractivity (Wildman–Crippen MR) is 75.8 cm³/mol. The van der Waals surface area contributed by atoms with Crippen molar-refractivity contribution in [3.63, 3.8) is 0 Å². The lowest BCUT2D eigenvalue weighted by atomic mass is 10.2. The second-order valence-electron chi connectivity index (χ2n) is 4.44. The normalized spacial score (nSPS) is 11.5. The fraction of sp³-hybridized carbons (Fsp3) is 0.286. The molecule has 0 saturated carbocycles. The molecule has 0 fully saturated rings. The lowest BCUT2D eigenvalue weighted by Gasteiger charge is -2.10. The van der Waals surface area contributed by atoms with E-state index in [9.17, 15) is 13.2 Å². The molecule has 0 saturated heterocycles. The Hall–Kier alpha value is -1.82. The van der Waals surface area contributed by atoms with Gasteiger partial charge in [0, 0.05) is 18.2 Å². The van der Waals surface area contributed by atoms with Gasteiger partial charge in [-0.3, -0.25) is 0 Å². The Labute approximate surface area is 125 Å². The molecule has 0 spiro atoms. The van der Waals surface area contributed by atoms with Gasteiger partial charge < -0.3 is 5.32 Å². The van der Waals surface area contributed by atoms with E-state index in [0.717, 1.165) is 18.6 Å². The van der Waals surface area contributed by atoms with Crippen LogP contribution in [0.3, 0.4) is 0 Å². The van der Waals surface area contributed by atoms with E-state index < -0.39 is 11.7 Å². The van der Waals surface area contributed by atoms with E-state index in [1.807, 2.05) is 6.92 Å². The summed E-state index contributed by atoms with van der Waals surface area (Å²) in [5.74, 6) is 1.05. The molecule has 0 aliphatic heterocycles. The monoisotopic (exact) mass is 315 g/mol. The van der Waals surface area contributed by atoms with Gasteiger partial charge in [-0.1, -0.05) is 18.5 Å². The van der Waals surface area contributed by atoms with Crippen LogP contribution < -0.4 is 5.32 Å². The van der Waals surface area contributed by atoms with Crippen LogP contribution in [0.15, 0.2) is 30.3 Å². The molecule has 0 aliphatic rings. The maximum absolute atomic E-state index is 12.5. The highest BCUT2D eigenvalue weighted by atomic mass is 35.5. The van der Waals surface area contributed by atoms with Crippen molar-refractivity contribution >= 4 is 23.1 Å². The van der Waals surface area contributed by atoms with Gasteiger partial charge in [0.2, 0.25) is 0 Å². The molecular weight excluding hydrogens is 303 g/mol. The number of nitrogens with one attached hydrogen (secondary N) is 1. The first-order valence-corrected chi connectivity index (χ1v) is 6.74. The van der Waals surface area contributed by atoms with E-state index in [1.54, 1.807) is 0 Å². The number of rotatable bonds is 4. The van der Waals surface area contributed by atoms with Crippen molar-refractivity contribution in [2.45, 2.75) is 25.9 Å². The smallest absolute Gasteiger partial charge is 0.340 e. The molecule has 2 aromatic rings. The number of hydrogen-bond acceptors (Lipinski definition) is 3. The van der Waals surface area contributed by atoms with Crippen molar-refractivity contribution < 1.29 is 13.2 Å². The third kappa shape index (κ3) is 4.32. The first-order valence-electron chi connectivity index (χ1n) is 6.36. The summed E-state index contributed by atoms with van der Waals surface area (Å²) in [5, 5.41) is 3.21. The summed E-state index contributed by atoms with van der Waals surface area (Å²) >= 11 is 5.90. The highest BCUT2D eigenvalue weighted by Gasteiger charge is 2.29. The van der Waals surface area contributed by atoms with Gasteiger partial charge in [0.05, 0.1) is 5.56 Å². The molecular formula is C14H13ClF3N3. The molecule has 1 heterocycles. The number of hydrogen-bond donors (Lipinski definition) is 1. The van der Waals surface area contributed by atoms with Crippen molar-refractivity contribution in [3.8, 4) is 0 Å². The quantitative estimate of drug-likeness (QED) is 0.820. The summed E-state index contributed by atoms with van der Waals surface area (Å²) in [4.78, 5) is 8.34. The van der Waals surface area contributed by atoms with Crippen LogP contribution in [0, 0.1) is 0 Å². The van der Waals surface area contributed by atoms with Crippen molar-refractivity contribution in [1.82, 2.24) is 9.97 Å². The standard InChI is InChI=1S/C14H13ClF3N3/c1-2-3-12-20-11(15)8-13(21-12)19-10-6-4-9(5-7-10)14(16,17)18/h4-8H,2-3H2,1H3,(H,19,20,21). The van der Waals surface area contributed by atoms with Gasteiger partial charge in [-0.25, -0.2) is 9.97 Å². The van der Waals surface area contributed by atoms with Gasteiger partial charge in [0.1, 0.15) is 16.8 Å². The maximum Gasteiger partial charge on any atom is 0.416 e. The van der Waals surface area contributed by atoms with E-state index in [0.29, 0.717) is 28.9 Å². The van der Waals surface area contributed by atoms with E-state index in [-0.39, 0.29) is 0 Å². The van der Waals surface area contributed by atoms with Gasteiger partial charge in [0.15, 0.2) is 0 Å². The fourth-order valence-electron chi connectivity index (χ4n) is 1.75. The molecule has 112 valence electrons. The summed E-state index contributed by atoms with van der Waals surface area (Å²) < 4.78 is 37.4. The predicted octanol–water partition coefficient (Wildman–Crippen LogP) is 4.84. The summed E-state index contributed by atoms with van der Waals surface area (Å²) in [6, 6.07) is 6.24. The number of alkyl halides is 3. The number of halogens is 4. The van der Waals surface area contributed by atoms with E-state index in [2.05, 4.69) is 15.3 Å². The van der Waals surface area contributed by atoms with E-state index in [1.165, 1.54) is 18.2 Å². The minimum Gasteiger partial charge on any atom is -0.340 e. The van der Waals surface area contributed by atoms with Gasteiger partial charge >= 0.3 is 6.18 Å². The van der Waals surface area contributed by atoms with Crippen LogP contribution in [-0.2, 0) is 12.6 Å². The van der Waals surface area contributed by atoms with Crippen LogP contribution in [0.2, 0.25) is 5.15 Å². The molecule has 0 atom stereocenters. The fourth-order valence-corrected chi connectivity index (χ4v) is 1.96. The lowest BCUT2D eigenvalue weighted by molar-refractivity contribution is -0.137. The summed E-state index contributed by atoms with van der Waals surface area (Å²) in [7, 11) is 0. The van der Waals surface area contributed by atoms with Gasteiger partial charge in [-0.2, -0.15) is 13.2 Å². The van der Waals surface area contributed by atoms with Crippen LogP contribution >= 0.6 is 11.6 Å². The largest absolute Gasteiger partial charge is 0.416 e. The zero-order valence-corrected chi connectivity index (χ0v) is 12.0. The number of aryl methyl sites for hydroxylation is 1. The van der Waals surface area contributed by atoms with E-state index in [4.69, 9.17) is 11.6 Å². The summed E-state index contributed by atoms with van der Waals surface area (Å²) in [6.45, 7) is 1.99. The average Bonchev–Trinajstić information content (AvgIpc) is 2.38. The average molecular weight is 316 g/mol. The Kier molecular flexibility index (Phi) is 4.67. The molecule has 1 aromatic heterocycles. The van der Waals surface area contributed by atoms with Crippen molar-refractivity contribution in [2.75, 3.05) is 5.32 Å². The molecule has 1 N–H and O–H groups in total. The topological polar surface area (TPSA) is 37.8 Å². The molecule has 0 amide bonds. The Bertz CT molecular complexity index is 612. The molecule has 0 radical (unpaired) electrons. The zero-order chi connectivity index (χ0) is 15.5. The Morgan fingerprint density at radius 1 is 1.14 bits per heavy atom. The second kappa shape index (κ2) is 6.30. The Morgan fingerprint density at radius 3 is 2.38 bits per heavy atom. The van der Waals surface area contributed by atoms with Crippen LogP contribution in [0.25, 0.3) is 0 Å². The summed E-state index contributed by atoms with van der Waals surface area (Å²) in [6.07, 6.45) is -2.78. The maximum atomic E-state index is 12.5. The third-order valence-corrected chi connectivity index (χ3v) is 2.89. The highest BCUT2D eigenvalue weighted by molar-refractivity contribution is 6.29. The van der Waals surface area contributed by atoms with Gasteiger partial charge in [-0.05, 0) is 30.7 Å². The molecule has 0 unspecified atom stereocenters. The first kappa shape index (κ1) is 15.6. The minimum absolute atomic E-state index is 0.294. The third-order valence-electron chi connectivity index (χ3n) is 2.70. The lowest BCUT2D eigenvalue weighted by Crippen LogP contribution is -2.05. The number of benzene rings is 1. The second-order valence-corrected chi connectivity index (χ2v) is 4.83. The van der Waals surface area contributed by atoms with Crippen LogP contribution in [0.4, 0.5) is 24.7 Å². The molecule has 7 heteroatoms. The molecule has 3 nitrogen and oxygen atoms in total. The number of aromatic nitrogens is 2. The summed E-state index contributed by atoms with van der Waals surface area (Å²) in [5.41, 5.74) is -0.194. The zero-order valence-electron chi connectivity index (χ0n) is 11.2. The van der Waals surface area contributed by atoms with Gasteiger partial charge in [-0.15, -0.1) is 0 Å². The van der Waals surface area contributed by atoms with Crippen molar-refractivity contribution in [2.24, 2.45) is 0 Å². The van der Waals surface area contributed by atoms with Crippen molar-refractivity contribution in [3.05, 3.63) is 46.9 Å². The molecule has 0 aliphatic carbocycles. The number of anilines is 2. The van der Waals surface area contributed by atoms with E-state index >= 15 is 0 Å². The minimum atomic E-state index is -4.34. The first-order chi connectivity index (χ1) is 9.88. The molecule has 2 rings (SSSR count).